The number of rotatable bonds is 1. The number of piperidine rings is 1. The van der Waals surface area contributed by atoms with Crippen molar-refractivity contribution in [2.45, 2.75) is 25.8 Å². The molecule has 16 heavy (non-hydrogen) atoms. The first-order chi connectivity index (χ1) is 7.86. The first-order valence-electron chi connectivity index (χ1n) is 6.15. The molecule has 0 radical (unpaired) electrons. The maximum Gasteiger partial charge on any atom is 0.0502 e. The first-order valence-corrected chi connectivity index (χ1v) is 6.15. The van der Waals surface area contributed by atoms with Gasteiger partial charge in [0.1, 0.15) is 0 Å². The zero-order valence-electron chi connectivity index (χ0n) is 9.66. The van der Waals surface area contributed by atoms with Gasteiger partial charge in [0.15, 0.2) is 0 Å². The molecule has 0 amide bonds. The topological polar surface area (TPSA) is 27.8 Å². The van der Waals surface area contributed by atoms with Crippen molar-refractivity contribution in [1.82, 2.24) is 10.3 Å². The number of aromatic amines is 1. The molecule has 2 nitrogen and oxygen atoms in total. The van der Waals surface area contributed by atoms with Crippen LogP contribution in [-0.4, -0.2) is 11.5 Å². The number of hydrogen-bond acceptors (Lipinski definition) is 1. The second-order valence-corrected chi connectivity index (χ2v) is 4.84. The summed E-state index contributed by atoms with van der Waals surface area (Å²) in [4.78, 5) is 3.37. The minimum atomic E-state index is 0.510. The van der Waals surface area contributed by atoms with Gasteiger partial charge in [0.2, 0.25) is 0 Å². The third-order valence-electron chi connectivity index (χ3n) is 3.72. The van der Waals surface area contributed by atoms with Crippen molar-refractivity contribution >= 4 is 10.9 Å². The van der Waals surface area contributed by atoms with E-state index < -0.39 is 0 Å². The van der Waals surface area contributed by atoms with Gasteiger partial charge in [-0.15, -0.1) is 0 Å². The fourth-order valence-electron chi connectivity index (χ4n) is 2.83. The van der Waals surface area contributed by atoms with Crippen LogP contribution in [0.25, 0.3) is 10.9 Å². The molecule has 0 saturated carbocycles. The molecule has 1 aliphatic rings. The van der Waals surface area contributed by atoms with E-state index in [-0.39, 0.29) is 0 Å². The number of H-pyrrole nitrogens is 1. The zero-order chi connectivity index (χ0) is 11.0. The van der Waals surface area contributed by atoms with Crippen LogP contribution in [-0.2, 0) is 0 Å². The van der Waals surface area contributed by atoms with E-state index in [0.29, 0.717) is 6.04 Å². The number of nitrogens with one attached hydrogen (secondary N) is 2. The highest BCUT2D eigenvalue weighted by atomic mass is 14.9. The largest absolute Gasteiger partial charge is 0.361 e. The Labute approximate surface area is 96.1 Å². The Balaban J connectivity index is 2.07. The van der Waals surface area contributed by atoms with Crippen molar-refractivity contribution in [2.24, 2.45) is 5.92 Å². The van der Waals surface area contributed by atoms with E-state index in [9.17, 15) is 0 Å². The van der Waals surface area contributed by atoms with Gasteiger partial charge in [-0.1, -0.05) is 25.1 Å². The van der Waals surface area contributed by atoms with Gasteiger partial charge in [-0.25, -0.2) is 0 Å². The Morgan fingerprint density at radius 3 is 3.06 bits per heavy atom. The van der Waals surface area contributed by atoms with Crippen LogP contribution < -0.4 is 5.32 Å². The van der Waals surface area contributed by atoms with Crippen LogP contribution in [0.2, 0.25) is 0 Å². The van der Waals surface area contributed by atoms with Crippen molar-refractivity contribution in [3.63, 3.8) is 0 Å². The van der Waals surface area contributed by atoms with Crippen LogP contribution in [0, 0.1) is 5.92 Å². The number of fused-ring (bicyclic) bond motifs is 1. The zero-order valence-corrected chi connectivity index (χ0v) is 9.66. The van der Waals surface area contributed by atoms with Crippen LogP contribution in [0.3, 0.4) is 0 Å². The van der Waals surface area contributed by atoms with Gasteiger partial charge in [0.25, 0.3) is 0 Å². The second kappa shape index (κ2) is 3.95. The monoisotopic (exact) mass is 214 g/mol. The number of hydrogen-bond donors (Lipinski definition) is 2. The molecular weight excluding hydrogens is 196 g/mol. The Morgan fingerprint density at radius 2 is 2.19 bits per heavy atom. The lowest BCUT2D eigenvalue weighted by Crippen LogP contribution is -2.32. The van der Waals surface area contributed by atoms with Crippen molar-refractivity contribution in [3.8, 4) is 0 Å². The summed E-state index contributed by atoms with van der Waals surface area (Å²) in [6, 6.07) is 9.23. The maximum absolute atomic E-state index is 3.65. The van der Waals surface area contributed by atoms with Crippen LogP contribution in [0.4, 0.5) is 0 Å². The molecule has 1 saturated heterocycles. The fourth-order valence-corrected chi connectivity index (χ4v) is 2.83. The Bertz CT molecular complexity index is 486. The highest BCUT2D eigenvalue weighted by Crippen LogP contribution is 2.32. The van der Waals surface area contributed by atoms with Gasteiger partial charge in [-0.2, -0.15) is 0 Å². The van der Waals surface area contributed by atoms with E-state index in [0.717, 1.165) is 12.5 Å². The van der Waals surface area contributed by atoms with E-state index >= 15 is 0 Å². The molecule has 84 valence electrons. The number of para-hydroxylation sites is 1. The molecule has 0 aliphatic carbocycles. The summed E-state index contributed by atoms with van der Waals surface area (Å²) in [5, 5.41) is 4.96. The minimum Gasteiger partial charge on any atom is -0.361 e. The predicted molar refractivity (Wildman–Crippen MR) is 67.4 cm³/mol. The number of benzene rings is 1. The van der Waals surface area contributed by atoms with Crippen molar-refractivity contribution in [3.05, 3.63) is 36.0 Å². The summed E-state index contributed by atoms with van der Waals surface area (Å²) in [5.41, 5.74) is 2.73. The van der Waals surface area contributed by atoms with E-state index in [2.05, 4.69) is 41.5 Å². The van der Waals surface area contributed by atoms with Crippen LogP contribution >= 0.6 is 0 Å². The van der Waals surface area contributed by atoms with E-state index in [1.807, 2.05) is 6.20 Å². The molecule has 1 aromatic carbocycles. The molecule has 3 rings (SSSR count). The first kappa shape index (κ1) is 9.91. The Hall–Kier alpha value is -1.28. The normalized spacial score (nSPS) is 26.1. The van der Waals surface area contributed by atoms with Crippen molar-refractivity contribution < 1.29 is 0 Å². The lowest BCUT2D eigenvalue weighted by Gasteiger charge is -2.30. The predicted octanol–water partition coefficient (Wildman–Crippen LogP) is 3.23. The molecule has 1 aromatic heterocycles. The summed E-state index contributed by atoms with van der Waals surface area (Å²) in [6.07, 6.45) is 4.66. The molecule has 2 heteroatoms. The lowest BCUT2D eigenvalue weighted by atomic mass is 9.87. The summed E-state index contributed by atoms with van der Waals surface area (Å²) < 4.78 is 0. The summed E-state index contributed by atoms with van der Waals surface area (Å²) in [7, 11) is 0. The second-order valence-electron chi connectivity index (χ2n) is 4.84. The van der Waals surface area contributed by atoms with Crippen LogP contribution in [0.5, 0.6) is 0 Å². The quantitative estimate of drug-likeness (QED) is 0.749. The van der Waals surface area contributed by atoms with Gasteiger partial charge in [-0.3, -0.25) is 0 Å². The van der Waals surface area contributed by atoms with E-state index in [1.54, 1.807) is 0 Å². The minimum absolute atomic E-state index is 0.510. The van der Waals surface area contributed by atoms with Gasteiger partial charge >= 0.3 is 0 Å². The van der Waals surface area contributed by atoms with Crippen LogP contribution in [0.15, 0.2) is 30.5 Å². The molecule has 2 N–H and O–H groups in total. The van der Waals surface area contributed by atoms with Gasteiger partial charge in [0, 0.05) is 12.2 Å². The summed E-state index contributed by atoms with van der Waals surface area (Å²) >= 11 is 0. The molecule has 2 heterocycles. The van der Waals surface area contributed by atoms with Crippen molar-refractivity contribution in [1.29, 1.82) is 0 Å². The molecule has 2 atom stereocenters. The SMILES string of the molecule is CC1CCCNC1c1cccc2cc[nH]c12. The third kappa shape index (κ3) is 1.54. The summed E-state index contributed by atoms with van der Waals surface area (Å²) in [5.74, 6) is 0.725. The van der Waals surface area contributed by atoms with Gasteiger partial charge in [-0.05, 0) is 42.3 Å². The average Bonchev–Trinajstić information content (AvgIpc) is 2.77. The third-order valence-corrected chi connectivity index (χ3v) is 3.72. The van der Waals surface area contributed by atoms with Crippen molar-refractivity contribution in [2.75, 3.05) is 6.54 Å². The van der Waals surface area contributed by atoms with Gasteiger partial charge < -0.3 is 10.3 Å². The van der Waals surface area contributed by atoms with E-state index in [1.165, 1.54) is 29.3 Å². The average molecular weight is 214 g/mol. The molecule has 1 fully saturated rings. The Morgan fingerprint density at radius 1 is 1.25 bits per heavy atom. The Kier molecular flexibility index (Phi) is 2.44. The summed E-state index contributed by atoms with van der Waals surface area (Å²) in [6.45, 7) is 3.49. The molecule has 2 aromatic rings. The molecule has 0 bridgehead atoms. The highest BCUT2D eigenvalue weighted by Gasteiger charge is 2.23. The molecule has 0 spiro atoms. The highest BCUT2D eigenvalue weighted by molar-refractivity contribution is 5.83. The number of aromatic nitrogens is 1. The lowest BCUT2D eigenvalue weighted by molar-refractivity contribution is 0.307. The van der Waals surface area contributed by atoms with Crippen LogP contribution in [0.1, 0.15) is 31.4 Å². The standard InChI is InChI=1S/C14H18N2/c1-10-4-3-8-15-13(10)12-6-2-5-11-7-9-16-14(11)12/h2,5-7,9-10,13,15-16H,3-4,8H2,1H3. The fraction of sp³-hybridized carbons (Fsp3) is 0.429. The van der Waals surface area contributed by atoms with E-state index in [4.69, 9.17) is 0 Å². The molecular formula is C14H18N2. The maximum atomic E-state index is 3.65. The molecule has 1 aliphatic heterocycles. The smallest absolute Gasteiger partial charge is 0.0502 e. The molecule has 2 unspecified atom stereocenters. The van der Waals surface area contributed by atoms with Gasteiger partial charge in [0.05, 0.1) is 5.52 Å².